The fourth-order valence-corrected chi connectivity index (χ4v) is 4.59. The minimum Gasteiger partial charge on any atom is -0.497 e. The second-order valence-corrected chi connectivity index (χ2v) is 10.6. The quantitative estimate of drug-likeness (QED) is 0.478. The third-order valence-corrected chi connectivity index (χ3v) is 6.98. The molecule has 0 aliphatic carbocycles. The monoisotopic (exact) mass is 503 g/mol. The largest absolute Gasteiger partial charge is 0.497 e. The molecule has 0 saturated carbocycles. The van der Waals surface area contributed by atoms with Crippen molar-refractivity contribution in [3.05, 3.63) is 59.7 Å². The number of ether oxygens (including phenoxy) is 1. The van der Waals surface area contributed by atoms with Gasteiger partial charge in [0, 0.05) is 18.7 Å². The van der Waals surface area contributed by atoms with Crippen molar-refractivity contribution in [1.29, 1.82) is 0 Å². The highest BCUT2D eigenvalue weighted by Crippen LogP contribution is 2.24. The van der Waals surface area contributed by atoms with Crippen LogP contribution in [0.1, 0.15) is 44.7 Å². The molecule has 0 aliphatic heterocycles. The van der Waals surface area contributed by atoms with Crippen LogP contribution in [0.3, 0.4) is 0 Å². The zero-order chi connectivity index (χ0) is 26.2. The molecule has 8 nitrogen and oxygen atoms in total. The minimum atomic E-state index is -3.80. The van der Waals surface area contributed by atoms with E-state index in [9.17, 15) is 18.0 Å². The van der Waals surface area contributed by atoms with Crippen molar-refractivity contribution in [3.8, 4) is 5.75 Å². The molecular weight excluding hydrogens is 466 g/mol. The third kappa shape index (κ3) is 7.99. The Labute approximate surface area is 209 Å². The molecule has 0 unspecified atom stereocenters. The number of nitrogens with one attached hydrogen (secondary N) is 1. The second kappa shape index (κ2) is 12.6. The average molecular weight is 504 g/mol. The maximum atomic E-state index is 13.7. The summed E-state index contributed by atoms with van der Waals surface area (Å²) in [6, 6.07) is 13.4. The Morgan fingerprint density at radius 2 is 1.74 bits per heavy atom. The Bertz CT molecular complexity index is 1120. The highest BCUT2D eigenvalue weighted by atomic mass is 32.2. The molecule has 2 amide bonds. The molecule has 0 fully saturated rings. The molecule has 2 aromatic carbocycles. The summed E-state index contributed by atoms with van der Waals surface area (Å²) in [5.74, 6) is -0.249. The van der Waals surface area contributed by atoms with Gasteiger partial charge in [0.15, 0.2) is 0 Å². The lowest BCUT2D eigenvalue weighted by molar-refractivity contribution is -0.140. The molecule has 2 aromatic rings. The van der Waals surface area contributed by atoms with Gasteiger partial charge in [-0.15, -0.1) is 0 Å². The number of carbonyl (C=O) groups excluding carboxylic acids is 2. The molecule has 0 heterocycles. The van der Waals surface area contributed by atoms with Gasteiger partial charge in [0.25, 0.3) is 0 Å². The lowest BCUT2D eigenvalue weighted by atomic mass is 10.1. The van der Waals surface area contributed by atoms with E-state index in [-0.39, 0.29) is 18.5 Å². The molecule has 0 spiro atoms. The van der Waals surface area contributed by atoms with Crippen molar-refractivity contribution in [3.63, 3.8) is 0 Å². The van der Waals surface area contributed by atoms with Gasteiger partial charge in [-0.1, -0.05) is 49.7 Å². The molecule has 1 N–H and O–H groups in total. The van der Waals surface area contributed by atoms with E-state index in [2.05, 4.69) is 5.32 Å². The van der Waals surface area contributed by atoms with Gasteiger partial charge in [0.2, 0.25) is 21.8 Å². The van der Waals surface area contributed by atoms with Gasteiger partial charge in [-0.05, 0) is 44.4 Å². The molecule has 9 heteroatoms. The zero-order valence-electron chi connectivity index (χ0n) is 21.4. The Morgan fingerprint density at radius 1 is 1.06 bits per heavy atom. The first-order chi connectivity index (χ1) is 16.5. The standard InChI is InChI=1S/C26H37N3O5S/c1-7-20(4)27-26(31)24(8-2)28(17-21-12-9-11-19(3)15-21)25(30)18-29(35(6,32)33)22-13-10-14-23(16-22)34-5/h9-16,20,24H,7-8,17-18H2,1-6H3,(H,27,31)/t20-,24-/m0/s1. The summed E-state index contributed by atoms with van der Waals surface area (Å²) >= 11 is 0. The molecule has 0 saturated heterocycles. The Hall–Kier alpha value is -3.07. The van der Waals surface area contributed by atoms with Crippen molar-refractivity contribution in [2.24, 2.45) is 0 Å². The fraction of sp³-hybridized carbons (Fsp3) is 0.462. The number of hydrogen-bond donors (Lipinski definition) is 1. The molecule has 0 radical (unpaired) electrons. The summed E-state index contributed by atoms with van der Waals surface area (Å²) in [4.78, 5) is 28.3. The van der Waals surface area contributed by atoms with Gasteiger partial charge in [-0.2, -0.15) is 0 Å². The molecule has 35 heavy (non-hydrogen) atoms. The van der Waals surface area contributed by atoms with E-state index >= 15 is 0 Å². The van der Waals surface area contributed by atoms with Crippen LogP contribution in [0.25, 0.3) is 0 Å². The van der Waals surface area contributed by atoms with Crippen molar-refractivity contribution >= 4 is 27.5 Å². The summed E-state index contributed by atoms with van der Waals surface area (Å²) in [6.07, 6.45) is 2.20. The molecule has 0 aliphatic rings. The highest BCUT2D eigenvalue weighted by molar-refractivity contribution is 7.92. The normalized spacial score (nSPS) is 13.0. The van der Waals surface area contributed by atoms with Crippen LogP contribution in [-0.2, 0) is 26.2 Å². The molecule has 192 valence electrons. The average Bonchev–Trinajstić information content (AvgIpc) is 2.81. The van der Waals surface area contributed by atoms with Crippen LogP contribution in [0.15, 0.2) is 48.5 Å². The van der Waals surface area contributed by atoms with Crippen molar-refractivity contribution in [2.75, 3.05) is 24.2 Å². The number of rotatable bonds is 12. The summed E-state index contributed by atoms with van der Waals surface area (Å²) in [6.45, 7) is 7.42. The maximum Gasteiger partial charge on any atom is 0.244 e. The summed E-state index contributed by atoms with van der Waals surface area (Å²) in [5.41, 5.74) is 2.20. The number of methoxy groups -OCH3 is 1. The molecular formula is C26H37N3O5S. The predicted molar refractivity (Wildman–Crippen MR) is 139 cm³/mol. The van der Waals surface area contributed by atoms with Crippen LogP contribution in [0.5, 0.6) is 5.75 Å². The topological polar surface area (TPSA) is 96.0 Å². The van der Waals surface area contributed by atoms with E-state index in [0.29, 0.717) is 17.9 Å². The third-order valence-electron chi connectivity index (χ3n) is 5.84. The van der Waals surface area contributed by atoms with E-state index in [0.717, 1.165) is 28.1 Å². The maximum absolute atomic E-state index is 13.7. The lowest BCUT2D eigenvalue weighted by Crippen LogP contribution is -2.53. The van der Waals surface area contributed by atoms with Crippen LogP contribution < -0.4 is 14.4 Å². The van der Waals surface area contributed by atoms with Crippen molar-refractivity contribution in [2.45, 2.75) is 59.2 Å². The van der Waals surface area contributed by atoms with Crippen LogP contribution in [0, 0.1) is 6.92 Å². The van der Waals surface area contributed by atoms with E-state index in [4.69, 9.17) is 4.74 Å². The molecule has 2 atom stereocenters. The number of hydrogen-bond acceptors (Lipinski definition) is 5. The predicted octanol–water partition coefficient (Wildman–Crippen LogP) is 3.49. The van der Waals surface area contributed by atoms with E-state index in [1.165, 1.54) is 12.0 Å². The van der Waals surface area contributed by atoms with Crippen molar-refractivity contribution < 1.29 is 22.7 Å². The van der Waals surface area contributed by atoms with Gasteiger partial charge in [0.05, 0.1) is 19.1 Å². The highest BCUT2D eigenvalue weighted by Gasteiger charge is 2.32. The number of carbonyl (C=O) groups is 2. The minimum absolute atomic E-state index is 0.0447. The molecule has 2 rings (SSSR count). The van der Waals surface area contributed by atoms with E-state index in [1.54, 1.807) is 24.3 Å². The number of benzene rings is 2. The van der Waals surface area contributed by atoms with Gasteiger partial charge in [-0.3, -0.25) is 13.9 Å². The molecule has 0 aromatic heterocycles. The number of aryl methyl sites for hydroxylation is 1. The smallest absolute Gasteiger partial charge is 0.244 e. The SMILES string of the molecule is CC[C@H](C)NC(=O)[C@H](CC)N(Cc1cccc(C)c1)C(=O)CN(c1cccc(OC)c1)S(C)(=O)=O. The summed E-state index contributed by atoms with van der Waals surface area (Å²) < 4.78 is 31.6. The number of sulfonamides is 1. The van der Waals surface area contributed by atoms with Gasteiger partial charge >= 0.3 is 0 Å². The van der Waals surface area contributed by atoms with Crippen LogP contribution in [0.2, 0.25) is 0 Å². The van der Waals surface area contributed by atoms with Crippen LogP contribution in [0.4, 0.5) is 5.69 Å². The van der Waals surface area contributed by atoms with E-state index < -0.39 is 28.5 Å². The van der Waals surface area contributed by atoms with Gasteiger partial charge in [-0.25, -0.2) is 8.42 Å². The van der Waals surface area contributed by atoms with Crippen molar-refractivity contribution in [1.82, 2.24) is 10.2 Å². The summed E-state index contributed by atoms with van der Waals surface area (Å²) in [7, 11) is -2.31. The van der Waals surface area contributed by atoms with Gasteiger partial charge < -0.3 is 15.0 Å². The number of nitrogens with zero attached hydrogens (tertiary/aromatic N) is 2. The Kier molecular flexibility index (Phi) is 10.1. The van der Waals surface area contributed by atoms with Crippen LogP contribution in [-0.4, -0.2) is 57.1 Å². The number of anilines is 1. The summed E-state index contributed by atoms with van der Waals surface area (Å²) in [5, 5.41) is 2.96. The van der Waals surface area contributed by atoms with Crippen LogP contribution >= 0.6 is 0 Å². The first-order valence-electron chi connectivity index (χ1n) is 11.8. The fourth-order valence-electron chi connectivity index (χ4n) is 3.75. The number of amides is 2. The first kappa shape index (κ1) is 28.2. The molecule has 0 bridgehead atoms. The zero-order valence-corrected chi connectivity index (χ0v) is 22.3. The second-order valence-electron chi connectivity index (χ2n) is 8.72. The lowest BCUT2D eigenvalue weighted by Gasteiger charge is -2.33. The Balaban J connectivity index is 2.45. The van der Waals surface area contributed by atoms with E-state index in [1.807, 2.05) is 52.0 Å². The first-order valence-corrected chi connectivity index (χ1v) is 13.6. The van der Waals surface area contributed by atoms with Gasteiger partial charge in [0.1, 0.15) is 18.3 Å². The Morgan fingerprint density at radius 3 is 2.31 bits per heavy atom.